The fraction of sp³-hybridized carbons (Fsp3) is 0.500. The first-order valence-electron chi connectivity index (χ1n) is 5.87. The first-order valence-corrected chi connectivity index (χ1v) is 8.32. The van der Waals surface area contributed by atoms with Crippen LogP contribution in [0.2, 0.25) is 0 Å². The van der Waals surface area contributed by atoms with Gasteiger partial charge in [0.05, 0.1) is 5.75 Å². The van der Waals surface area contributed by atoms with Gasteiger partial charge in [0.2, 0.25) is 0 Å². The molecule has 0 aliphatic carbocycles. The molecule has 3 nitrogen and oxygen atoms in total. The summed E-state index contributed by atoms with van der Waals surface area (Å²) < 4.78 is 38.5. The predicted octanol–water partition coefficient (Wildman–Crippen LogP) is 2.36. The van der Waals surface area contributed by atoms with Gasteiger partial charge in [-0.2, -0.15) is 0 Å². The lowest BCUT2D eigenvalue weighted by Gasteiger charge is -2.22. The number of nitrogens with one attached hydrogen (secondary N) is 1. The minimum Gasteiger partial charge on any atom is -0.317 e. The predicted molar refractivity (Wildman–Crippen MR) is 71.7 cm³/mol. The van der Waals surface area contributed by atoms with Crippen LogP contribution < -0.4 is 5.32 Å². The first kappa shape index (κ1) is 14.0. The maximum atomic E-state index is 13.7. The summed E-state index contributed by atoms with van der Waals surface area (Å²) in [5, 5.41) is 3.18. The Morgan fingerprint density at radius 2 is 2.00 bits per heavy atom. The Bertz CT molecular complexity index is 527. The smallest absolute Gasteiger partial charge is 0.181 e. The van der Waals surface area contributed by atoms with Crippen molar-refractivity contribution < 1.29 is 12.8 Å². The fourth-order valence-corrected chi connectivity index (χ4v) is 4.27. The Morgan fingerprint density at radius 1 is 1.33 bits per heavy atom. The Balaban J connectivity index is 2.19. The number of benzene rings is 1. The van der Waals surface area contributed by atoms with Gasteiger partial charge < -0.3 is 5.32 Å². The molecule has 0 bridgehead atoms. The second-order valence-electron chi connectivity index (χ2n) is 4.55. The van der Waals surface area contributed by atoms with Gasteiger partial charge in [0.15, 0.2) is 9.84 Å². The quantitative estimate of drug-likeness (QED) is 0.922. The highest BCUT2D eigenvalue weighted by Gasteiger charge is 2.25. The van der Waals surface area contributed by atoms with Crippen LogP contribution in [0.25, 0.3) is 0 Å². The van der Waals surface area contributed by atoms with Crippen LogP contribution in [-0.2, 0) is 9.84 Å². The maximum Gasteiger partial charge on any atom is 0.181 e. The van der Waals surface area contributed by atoms with E-state index in [9.17, 15) is 12.8 Å². The second kappa shape index (κ2) is 5.67. The van der Waals surface area contributed by atoms with E-state index in [1.165, 1.54) is 12.1 Å². The number of hydrogen-bond donors (Lipinski definition) is 1. The van der Waals surface area contributed by atoms with Gasteiger partial charge in [-0.05, 0) is 50.0 Å². The molecule has 0 atom stereocenters. The summed E-state index contributed by atoms with van der Waals surface area (Å²) in [5.74, 6) is -0.523. The standard InChI is InChI=1S/C12H15BrFNO2S/c13-10-1-2-12(11(14)7-10)18(16,17)8-9-3-5-15-6-4-9/h1-2,7,9,15H,3-6,8H2. The van der Waals surface area contributed by atoms with Gasteiger partial charge >= 0.3 is 0 Å². The van der Waals surface area contributed by atoms with Crippen molar-refractivity contribution in [1.82, 2.24) is 5.32 Å². The summed E-state index contributed by atoms with van der Waals surface area (Å²) in [7, 11) is -3.53. The van der Waals surface area contributed by atoms with Gasteiger partial charge in [0, 0.05) is 4.47 Å². The molecule has 0 unspecified atom stereocenters. The van der Waals surface area contributed by atoms with E-state index in [4.69, 9.17) is 0 Å². The maximum absolute atomic E-state index is 13.7. The van der Waals surface area contributed by atoms with E-state index in [0.717, 1.165) is 25.9 Å². The number of sulfone groups is 1. The van der Waals surface area contributed by atoms with Crippen molar-refractivity contribution in [2.45, 2.75) is 17.7 Å². The third-order valence-electron chi connectivity index (χ3n) is 3.14. The molecule has 0 amide bonds. The third kappa shape index (κ3) is 3.30. The molecule has 1 aliphatic rings. The van der Waals surface area contributed by atoms with Gasteiger partial charge in [-0.25, -0.2) is 12.8 Å². The summed E-state index contributed by atoms with van der Waals surface area (Å²) >= 11 is 3.12. The zero-order valence-corrected chi connectivity index (χ0v) is 12.2. The summed E-state index contributed by atoms with van der Waals surface area (Å²) in [6, 6.07) is 4.07. The van der Waals surface area contributed by atoms with Crippen LogP contribution in [0.4, 0.5) is 4.39 Å². The van der Waals surface area contributed by atoms with Crippen LogP contribution in [0.15, 0.2) is 27.6 Å². The molecule has 0 radical (unpaired) electrons. The molecular weight excluding hydrogens is 321 g/mol. The van der Waals surface area contributed by atoms with Crippen LogP contribution in [0.5, 0.6) is 0 Å². The lowest BCUT2D eigenvalue weighted by molar-refractivity contribution is 0.401. The molecule has 18 heavy (non-hydrogen) atoms. The average molecular weight is 336 g/mol. The molecule has 0 spiro atoms. The number of hydrogen-bond acceptors (Lipinski definition) is 3. The van der Waals surface area contributed by atoms with Gasteiger partial charge in [-0.1, -0.05) is 15.9 Å². The zero-order valence-electron chi connectivity index (χ0n) is 9.83. The molecule has 1 aromatic carbocycles. The van der Waals surface area contributed by atoms with Gasteiger partial charge in [-0.3, -0.25) is 0 Å². The molecule has 2 rings (SSSR count). The SMILES string of the molecule is O=S(=O)(CC1CCNCC1)c1ccc(Br)cc1F. The Labute approximate surface area is 115 Å². The summed E-state index contributed by atoms with van der Waals surface area (Å²) in [5.41, 5.74) is 0. The number of halogens is 2. The van der Waals surface area contributed by atoms with Crippen molar-refractivity contribution in [2.75, 3.05) is 18.8 Å². The summed E-state index contributed by atoms with van der Waals surface area (Å²) in [4.78, 5) is -0.191. The highest BCUT2D eigenvalue weighted by atomic mass is 79.9. The first-order chi connectivity index (χ1) is 8.49. The minimum atomic E-state index is -3.53. The second-order valence-corrected chi connectivity index (χ2v) is 7.47. The lowest BCUT2D eigenvalue weighted by Crippen LogP contribution is -2.31. The van der Waals surface area contributed by atoms with E-state index < -0.39 is 15.7 Å². The lowest BCUT2D eigenvalue weighted by atomic mass is 10.0. The van der Waals surface area contributed by atoms with Crippen LogP contribution >= 0.6 is 15.9 Å². The highest BCUT2D eigenvalue weighted by molar-refractivity contribution is 9.10. The van der Waals surface area contributed by atoms with Crippen molar-refractivity contribution in [3.63, 3.8) is 0 Å². The molecule has 6 heteroatoms. The molecule has 1 heterocycles. The van der Waals surface area contributed by atoms with Gasteiger partial charge in [0.25, 0.3) is 0 Å². The molecule has 100 valence electrons. The molecule has 0 saturated carbocycles. The Morgan fingerprint density at radius 3 is 2.61 bits per heavy atom. The van der Waals surface area contributed by atoms with Crippen molar-refractivity contribution in [1.29, 1.82) is 0 Å². The van der Waals surface area contributed by atoms with Crippen molar-refractivity contribution in [2.24, 2.45) is 5.92 Å². The van der Waals surface area contributed by atoms with Crippen LogP contribution in [0.1, 0.15) is 12.8 Å². The van der Waals surface area contributed by atoms with E-state index in [0.29, 0.717) is 4.47 Å². The fourth-order valence-electron chi connectivity index (χ4n) is 2.18. The molecule has 1 aliphatic heterocycles. The Hall–Kier alpha value is -0.460. The van der Waals surface area contributed by atoms with E-state index in [2.05, 4.69) is 21.2 Å². The number of piperidine rings is 1. The van der Waals surface area contributed by atoms with Gasteiger partial charge in [-0.15, -0.1) is 0 Å². The Kier molecular flexibility index (Phi) is 4.40. The molecule has 1 N–H and O–H groups in total. The van der Waals surface area contributed by atoms with Crippen molar-refractivity contribution in [3.8, 4) is 0 Å². The highest BCUT2D eigenvalue weighted by Crippen LogP contribution is 2.24. The zero-order chi connectivity index (χ0) is 13.2. The van der Waals surface area contributed by atoms with E-state index in [-0.39, 0.29) is 16.6 Å². The van der Waals surface area contributed by atoms with Crippen LogP contribution in [0, 0.1) is 11.7 Å². The van der Waals surface area contributed by atoms with Crippen LogP contribution in [-0.4, -0.2) is 27.3 Å². The monoisotopic (exact) mass is 335 g/mol. The molecule has 1 fully saturated rings. The number of rotatable bonds is 3. The van der Waals surface area contributed by atoms with Gasteiger partial charge in [0.1, 0.15) is 10.7 Å². The van der Waals surface area contributed by atoms with Crippen molar-refractivity contribution in [3.05, 3.63) is 28.5 Å². The largest absolute Gasteiger partial charge is 0.317 e. The summed E-state index contributed by atoms with van der Waals surface area (Å²) in [6.07, 6.45) is 1.66. The van der Waals surface area contributed by atoms with Crippen molar-refractivity contribution >= 4 is 25.8 Å². The third-order valence-corrected chi connectivity index (χ3v) is 5.55. The van der Waals surface area contributed by atoms with E-state index in [1.54, 1.807) is 6.07 Å². The van der Waals surface area contributed by atoms with Crippen LogP contribution in [0.3, 0.4) is 0 Å². The molecular formula is C12H15BrFNO2S. The minimum absolute atomic E-state index is 0.0350. The molecule has 1 aromatic rings. The molecule has 1 saturated heterocycles. The van der Waals surface area contributed by atoms with E-state index in [1.807, 2.05) is 0 Å². The molecule has 0 aromatic heterocycles. The topological polar surface area (TPSA) is 46.2 Å². The summed E-state index contributed by atoms with van der Waals surface area (Å²) in [6.45, 7) is 1.67. The van der Waals surface area contributed by atoms with E-state index >= 15 is 0 Å². The average Bonchev–Trinajstić information content (AvgIpc) is 2.29. The normalized spacial score (nSPS) is 17.9.